The van der Waals surface area contributed by atoms with Gasteiger partial charge in [-0.2, -0.15) is 0 Å². The van der Waals surface area contributed by atoms with Gasteiger partial charge in [0.1, 0.15) is 22.3 Å². The van der Waals surface area contributed by atoms with Crippen molar-refractivity contribution in [3.8, 4) is 17.2 Å². The van der Waals surface area contributed by atoms with Gasteiger partial charge in [0.2, 0.25) is 11.0 Å². The fourth-order valence-corrected chi connectivity index (χ4v) is 4.56. The lowest BCUT2D eigenvalue weighted by molar-refractivity contribution is -0.116. The van der Waals surface area contributed by atoms with Gasteiger partial charge in [0, 0.05) is 17.5 Å². The highest BCUT2D eigenvalue weighted by Crippen LogP contribution is 2.44. The number of hydrogen-bond acceptors (Lipinski definition) is 6. The van der Waals surface area contributed by atoms with E-state index >= 15 is 0 Å². The molecule has 0 atom stereocenters. The summed E-state index contributed by atoms with van der Waals surface area (Å²) in [6.45, 7) is 0. The van der Waals surface area contributed by atoms with E-state index in [1.165, 1.54) is 16.9 Å². The minimum Gasteiger partial charge on any atom is -0.497 e. The zero-order valence-electron chi connectivity index (χ0n) is 17.4. The molecule has 0 spiro atoms. The van der Waals surface area contributed by atoms with Gasteiger partial charge in [-0.25, -0.2) is 0 Å². The van der Waals surface area contributed by atoms with Crippen molar-refractivity contribution >= 4 is 22.4 Å². The molecule has 4 aromatic rings. The smallest absolute Gasteiger partial charge is 0.238 e. The lowest BCUT2D eigenvalue weighted by Crippen LogP contribution is -2.25. The zero-order valence-corrected chi connectivity index (χ0v) is 18.3. The van der Waals surface area contributed by atoms with E-state index in [-0.39, 0.29) is 5.91 Å². The Bertz CT molecular complexity index is 1210. The van der Waals surface area contributed by atoms with Crippen LogP contribution in [-0.2, 0) is 17.6 Å². The Kier molecular flexibility index (Phi) is 5.56. The molecule has 0 unspecified atom stereocenters. The number of para-hydroxylation sites is 2. The van der Waals surface area contributed by atoms with Crippen molar-refractivity contribution in [2.45, 2.75) is 18.8 Å². The number of benzene rings is 3. The van der Waals surface area contributed by atoms with Gasteiger partial charge >= 0.3 is 0 Å². The standard InChI is InChI=1S/C25H21N3O3S/c1-30-17-13-10-16(11-14-17)12-15-22-27-28-25(32-22)26-24(29)23-18-6-2-4-8-20(18)31-21-9-5-3-7-19(21)23/h2-11,13-14,23H,12,15H2,1H3,(H,26,28,29). The Hall–Kier alpha value is -3.71. The number of amides is 1. The van der Waals surface area contributed by atoms with E-state index in [1.54, 1.807) is 7.11 Å². The molecule has 0 radical (unpaired) electrons. The average Bonchev–Trinajstić information content (AvgIpc) is 3.28. The van der Waals surface area contributed by atoms with E-state index in [4.69, 9.17) is 9.47 Å². The third kappa shape index (κ3) is 4.07. The van der Waals surface area contributed by atoms with Gasteiger partial charge in [0.05, 0.1) is 13.0 Å². The van der Waals surface area contributed by atoms with Gasteiger partial charge in [-0.1, -0.05) is 59.9 Å². The molecule has 160 valence electrons. The number of ether oxygens (including phenoxy) is 2. The summed E-state index contributed by atoms with van der Waals surface area (Å²) in [7, 11) is 1.66. The molecule has 1 N–H and O–H groups in total. The lowest BCUT2D eigenvalue weighted by Gasteiger charge is -2.27. The highest BCUT2D eigenvalue weighted by Gasteiger charge is 2.32. The lowest BCUT2D eigenvalue weighted by atomic mass is 9.87. The Labute approximate surface area is 189 Å². The van der Waals surface area contributed by atoms with Gasteiger partial charge in [-0.3, -0.25) is 10.1 Å². The molecule has 0 saturated carbocycles. The first-order chi connectivity index (χ1) is 15.7. The van der Waals surface area contributed by atoms with E-state index in [1.807, 2.05) is 72.8 Å². The van der Waals surface area contributed by atoms with Crippen LogP contribution >= 0.6 is 11.3 Å². The van der Waals surface area contributed by atoms with Crippen LogP contribution in [0.4, 0.5) is 5.13 Å². The molecule has 32 heavy (non-hydrogen) atoms. The summed E-state index contributed by atoms with van der Waals surface area (Å²) in [6.07, 6.45) is 1.59. The van der Waals surface area contributed by atoms with Crippen molar-refractivity contribution in [1.82, 2.24) is 10.2 Å². The van der Waals surface area contributed by atoms with E-state index in [0.29, 0.717) is 16.6 Å². The monoisotopic (exact) mass is 443 g/mol. The first-order valence-electron chi connectivity index (χ1n) is 10.3. The summed E-state index contributed by atoms with van der Waals surface area (Å²) in [5, 5.41) is 12.8. The molecular weight excluding hydrogens is 422 g/mol. The fraction of sp³-hybridized carbons (Fsp3) is 0.160. The molecule has 1 aliphatic heterocycles. The maximum absolute atomic E-state index is 13.3. The van der Waals surface area contributed by atoms with Crippen LogP contribution in [0.25, 0.3) is 0 Å². The SMILES string of the molecule is COc1ccc(CCc2nnc(NC(=O)C3c4ccccc4Oc4ccccc43)s2)cc1. The first-order valence-corrected chi connectivity index (χ1v) is 11.1. The van der Waals surface area contributed by atoms with Crippen LogP contribution in [0.3, 0.4) is 0 Å². The predicted molar refractivity (Wildman–Crippen MR) is 124 cm³/mol. The zero-order chi connectivity index (χ0) is 21.9. The van der Waals surface area contributed by atoms with Gasteiger partial charge < -0.3 is 9.47 Å². The van der Waals surface area contributed by atoms with Crippen molar-refractivity contribution in [3.05, 3.63) is 94.5 Å². The number of carbonyl (C=O) groups is 1. The second kappa shape index (κ2) is 8.80. The molecule has 1 aromatic heterocycles. The van der Waals surface area contributed by atoms with Crippen molar-refractivity contribution in [2.24, 2.45) is 0 Å². The van der Waals surface area contributed by atoms with Gasteiger partial charge in [0.15, 0.2) is 0 Å². The summed E-state index contributed by atoms with van der Waals surface area (Å²) in [5.41, 5.74) is 2.88. The van der Waals surface area contributed by atoms with E-state index < -0.39 is 5.92 Å². The number of aromatic nitrogens is 2. The quantitative estimate of drug-likeness (QED) is 0.443. The van der Waals surface area contributed by atoms with Crippen LogP contribution in [0.1, 0.15) is 27.6 Å². The molecule has 6 nitrogen and oxygen atoms in total. The number of nitrogens with one attached hydrogen (secondary N) is 1. The van der Waals surface area contributed by atoms with E-state index in [2.05, 4.69) is 15.5 Å². The summed E-state index contributed by atoms with van der Waals surface area (Å²) >= 11 is 1.40. The number of anilines is 1. The molecule has 0 saturated heterocycles. The summed E-state index contributed by atoms with van der Waals surface area (Å²) in [4.78, 5) is 13.3. The normalized spacial score (nSPS) is 12.4. The van der Waals surface area contributed by atoms with Crippen LogP contribution in [0.15, 0.2) is 72.8 Å². The van der Waals surface area contributed by atoms with Gasteiger partial charge in [0.25, 0.3) is 0 Å². The average molecular weight is 444 g/mol. The molecule has 0 aliphatic carbocycles. The number of hydrogen-bond donors (Lipinski definition) is 1. The third-order valence-electron chi connectivity index (χ3n) is 5.43. The van der Waals surface area contributed by atoms with Gasteiger partial charge in [-0.05, 0) is 36.2 Å². The molecular formula is C25H21N3O3S. The number of fused-ring (bicyclic) bond motifs is 2. The maximum atomic E-state index is 13.3. The van der Waals surface area contributed by atoms with Crippen LogP contribution in [-0.4, -0.2) is 23.2 Å². The second-order valence-electron chi connectivity index (χ2n) is 7.45. The number of rotatable bonds is 6. The highest BCUT2D eigenvalue weighted by atomic mass is 32.1. The number of aryl methyl sites for hydroxylation is 2. The highest BCUT2D eigenvalue weighted by molar-refractivity contribution is 7.15. The third-order valence-corrected chi connectivity index (χ3v) is 6.32. The van der Waals surface area contributed by atoms with Crippen LogP contribution in [0.2, 0.25) is 0 Å². The molecule has 5 rings (SSSR count). The largest absolute Gasteiger partial charge is 0.497 e. The molecule has 1 aliphatic rings. The van der Waals surface area contributed by atoms with Crippen LogP contribution < -0.4 is 14.8 Å². The van der Waals surface area contributed by atoms with Crippen molar-refractivity contribution in [2.75, 3.05) is 12.4 Å². The second-order valence-corrected chi connectivity index (χ2v) is 8.51. The van der Waals surface area contributed by atoms with E-state index in [0.717, 1.165) is 34.7 Å². The van der Waals surface area contributed by atoms with Gasteiger partial charge in [-0.15, -0.1) is 10.2 Å². The predicted octanol–water partition coefficient (Wildman–Crippen LogP) is 5.21. The van der Waals surface area contributed by atoms with Crippen LogP contribution in [0.5, 0.6) is 17.2 Å². The summed E-state index contributed by atoms with van der Waals surface area (Å²) in [5.74, 6) is 1.62. The maximum Gasteiger partial charge on any atom is 0.238 e. The molecule has 1 amide bonds. The number of carbonyl (C=O) groups excluding carboxylic acids is 1. The molecule has 0 bridgehead atoms. The minimum absolute atomic E-state index is 0.147. The minimum atomic E-state index is -0.470. The Morgan fingerprint density at radius 1 is 0.938 bits per heavy atom. The Morgan fingerprint density at radius 2 is 1.59 bits per heavy atom. The Balaban J connectivity index is 1.30. The number of methoxy groups -OCH3 is 1. The van der Waals surface area contributed by atoms with E-state index in [9.17, 15) is 4.79 Å². The molecule has 7 heteroatoms. The summed E-state index contributed by atoms with van der Waals surface area (Å²) in [6, 6.07) is 23.2. The van der Waals surface area contributed by atoms with Crippen molar-refractivity contribution < 1.29 is 14.3 Å². The van der Waals surface area contributed by atoms with Crippen molar-refractivity contribution in [3.63, 3.8) is 0 Å². The van der Waals surface area contributed by atoms with Crippen molar-refractivity contribution in [1.29, 1.82) is 0 Å². The van der Waals surface area contributed by atoms with Crippen LogP contribution in [0, 0.1) is 0 Å². The summed E-state index contributed by atoms with van der Waals surface area (Å²) < 4.78 is 11.2. The fourth-order valence-electron chi connectivity index (χ4n) is 3.82. The molecule has 3 aromatic carbocycles. The Morgan fingerprint density at radius 3 is 2.25 bits per heavy atom. The molecule has 2 heterocycles. The number of nitrogens with zero attached hydrogens (tertiary/aromatic N) is 2. The molecule has 0 fully saturated rings. The first kappa shape index (κ1) is 20.2. The topological polar surface area (TPSA) is 73.3 Å².